The maximum atomic E-state index is 10.8. The molecule has 0 saturated carbocycles. The highest BCUT2D eigenvalue weighted by Gasteiger charge is 2.02. The van der Waals surface area contributed by atoms with Gasteiger partial charge >= 0.3 is 0 Å². The number of ether oxygens (including phenoxy) is 1. The van der Waals surface area contributed by atoms with Crippen LogP contribution in [0.5, 0.6) is 0 Å². The minimum Gasteiger partial charge on any atom is -0.379 e. The summed E-state index contributed by atoms with van der Waals surface area (Å²) in [5.41, 5.74) is 0. The summed E-state index contributed by atoms with van der Waals surface area (Å²) in [7, 11) is -2.95. The van der Waals surface area contributed by atoms with Gasteiger partial charge in [0.15, 0.2) is 0 Å². The Kier molecular flexibility index (Phi) is 5.67. The van der Waals surface area contributed by atoms with Crippen LogP contribution in [0.1, 0.15) is 0 Å². The Hall–Kier alpha value is -0.850. The first-order chi connectivity index (χ1) is 7.99. The predicted octanol–water partition coefficient (Wildman–Crippen LogP) is 1.21. The van der Waals surface area contributed by atoms with E-state index in [9.17, 15) is 8.42 Å². The van der Waals surface area contributed by atoms with Gasteiger partial charge in [0.05, 0.1) is 24.0 Å². The van der Waals surface area contributed by atoms with Crippen LogP contribution in [-0.2, 0) is 14.6 Å². The summed E-state index contributed by atoms with van der Waals surface area (Å²) in [6, 6.07) is 3.48. The molecule has 0 radical (unpaired) electrons. The zero-order valence-corrected chi connectivity index (χ0v) is 11.1. The quantitative estimate of drug-likeness (QED) is 0.759. The highest BCUT2D eigenvalue weighted by Crippen LogP contribution is 2.16. The SMILES string of the molecule is CS(=O)(=O)CCOCCNc1ncccc1Cl. The Balaban J connectivity index is 2.15. The Morgan fingerprint density at radius 3 is 2.88 bits per heavy atom. The molecule has 17 heavy (non-hydrogen) atoms. The highest BCUT2D eigenvalue weighted by atomic mass is 35.5. The predicted molar refractivity (Wildman–Crippen MR) is 68.3 cm³/mol. The molecule has 0 aromatic carbocycles. The standard InChI is InChI=1S/C10H15ClN2O3S/c1-17(14,15)8-7-16-6-5-13-10-9(11)3-2-4-12-10/h2-4H,5-8H2,1H3,(H,12,13). The Labute approximate surface area is 106 Å². The third-order valence-corrected chi connectivity index (χ3v) is 3.11. The lowest BCUT2D eigenvalue weighted by Crippen LogP contribution is -2.15. The number of hydrogen-bond acceptors (Lipinski definition) is 5. The zero-order chi connectivity index (χ0) is 12.7. The first-order valence-corrected chi connectivity index (χ1v) is 7.53. The normalized spacial score (nSPS) is 11.4. The highest BCUT2D eigenvalue weighted by molar-refractivity contribution is 7.90. The van der Waals surface area contributed by atoms with Gasteiger partial charge in [-0.05, 0) is 12.1 Å². The Morgan fingerprint density at radius 1 is 1.47 bits per heavy atom. The lowest BCUT2D eigenvalue weighted by molar-refractivity contribution is 0.159. The molecular formula is C10H15ClN2O3S. The van der Waals surface area contributed by atoms with E-state index in [1.807, 2.05) is 0 Å². The summed E-state index contributed by atoms with van der Waals surface area (Å²) in [5.74, 6) is 0.637. The van der Waals surface area contributed by atoms with Crippen LogP contribution < -0.4 is 5.32 Å². The topological polar surface area (TPSA) is 68.3 Å². The van der Waals surface area contributed by atoms with Crippen LogP contribution in [0, 0.1) is 0 Å². The zero-order valence-electron chi connectivity index (χ0n) is 9.52. The van der Waals surface area contributed by atoms with Crippen LogP contribution in [0.3, 0.4) is 0 Å². The van der Waals surface area contributed by atoms with Crippen LogP contribution in [-0.4, -0.2) is 45.2 Å². The number of halogens is 1. The number of aromatic nitrogens is 1. The van der Waals surface area contributed by atoms with E-state index < -0.39 is 9.84 Å². The molecule has 0 amide bonds. The molecule has 0 aliphatic carbocycles. The van der Waals surface area contributed by atoms with Crippen LogP contribution in [0.2, 0.25) is 5.02 Å². The summed E-state index contributed by atoms with van der Waals surface area (Å²) < 4.78 is 26.8. The van der Waals surface area contributed by atoms with Gasteiger partial charge in [-0.1, -0.05) is 11.6 Å². The molecule has 1 aromatic rings. The molecule has 1 N–H and O–H groups in total. The van der Waals surface area contributed by atoms with E-state index in [2.05, 4.69) is 10.3 Å². The van der Waals surface area contributed by atoms with E-state index in [0.29, 0.717) is 24.0 Å². The molecule has 7 heteroatoms. The first-order valence-electron chi connectivity index (χ1n) is 5.09. The van der Waals surface area contributed by atoms with Gasteiger partial charge in [-0.3, -0.25) is 0 Å². The number of nitrogens with one attached hydrogen (secondary N) is 1. The average Bonchev–Trinajstić information content (AvgIpc) is 2.24. The minimum atomic E-state index is -2.95. The number of hydrogen-bond donors (Lipinski definition) is 1. The molecule has 0 unspecified atom stereocenters. The molecule has 1 heterocycles. The van der Waals surface area contributed by atoms with E-state index in [1.54, 1.807) is 18.3 Å². The van der Waals surface area contributed by atoms with Crippen molar-refractivity contribution in [3.8, 4) is 0 Å². The molecule has 0 atom stereocenters. The summed E-state index contributed by atoms with van der Waals surface area (Å²) >= 11 is 5.88. The van der Waals surface area contributed by atoms with Gasteiger partial charge in [-0.25, -0.2) is 13.4 Å². The lowest BCUT2D eigenvalue weighted by Gasteiger charge is -2.07. The van der Waals surface area contributed by atoms with Crippen molar-refractivity contribution in [1.82, 2.24) is 4.98 Å². The second kappa shape index (κ2) is 6.78. The molecule has 5 nitrogen and oxygen atoms in total. The maximum absolute atomic E-state index is 10.8. The molecule has 1 aromatic heterocycles. The molecule has 1 rings (SSSR count). The van der Waals surface area contributed by atoms with Crippen molar-refractivity contribution >= 4 is 27.3 Å². The number of rotatable bonds is 7. The smallest absolute Gasteiger partial charge is 0.149 e. The van der Waals surface area contributed by atoms with Crippen molar-refractivity contribution in [2.45, 2.75) is 0 Å². The molecule has 0 aliphatic heterocycles. The van der Waals surface area contributed by atoms with Crippen LogP contribution in [0.4, 0.5) is 5.82 Å². The second-order valence-corrected chi connectivity index (χ2v) is 6.17. The van der Waals surface area contributed by atoms with Crippen molar-refractivity contribution in [1.29, 1.82) is 0 Å². The minimum absolute atomic E-state index is 0.0390. The third-order valence-electron chi connectivity index (χ3n) is 1.90. The lowest BCUT2D eigenvalue weighted by atomic mass is 10.4. The fraction of sp³-hybridized carbons (Fsp3) is 0.500. The molecule has 0 bridgehead atoms. The molecule has 0 aliphatic rings. The first kappa shape index (κ1) is 14.2. The van der Waals surface area contributed by atoms with Gasteiger partial charge in [0.2, 0.25) is 0 Å². The summed E-state index contributed by atoms with van der Waals surface area (Å²) in [6.07, 6.45) is 2.82. The van der Waals surface area contributed by atoms with Crippen molar-refractivity contribution in [3.05, 3.63) is 23.4 Å². The Morgan fingerprint density at radius 2 is 2.24 bits per heavy atom. The molecular weight excluding hydrogens is 264 g/mol. The number of sulfone groups is 1. The van der Waals surface area contributed by atoms with Crippen molar-refractivity contribution in [2.24, 2.45) is 0 Å². The number of anilines is 1. The van der Waals surface area contributed by atoms with Gasteiger partial charge in [-0.2, -0.15) is 0 Å². The molecule has 0 saturated heterocycles. The van der Waals surface area contributed by atoms with E-state index in [-0.39, 0.29) is 12.4 Å². The van der Waals surface area contributed by atoms with Crippen molar-refractivity contribution < 1.29 is 13.2 Å². The van der Waals surface area contributed by atoms with Gasteiger partial charge in [0.1, 0.15) is 15.7 Å². The summed E-state index contributed by atoms with van der Waals surface area (Å²) in [6.45, 7) is 1.14. The summed E-state index contributed by atoms with van der Waals surface area (Å²) in [5, 5.41) is 3.54. The van der Waals surface area contributed by atoms with E-state index in [1.165, 1.54) is 6.26 Å². The molecule has 0 spiro atoms. The fourth-order valence-electron chi connectivity index (χ4n) is 1.07. The van der Waals surface area contributed by atoms with Crippen LogP contribution in [0.25, 0.3) is 0 Å². The Bertz CT molecular complexity index is 451. The van der Waals surface area contributed by atoms with Crippen molar-refractivity contribution in [3.63, 3.8) is 0 Å². The third kappa shape index (κ3) is 6.45. The maximum Gasteiger partial charge on any atom is 0.149 e. The van der Waals surface area contributed by atoms with Gasteiger partial charge in [0, 0.05) is 19.0 Å². The average molecular weight is 279 g/mol. The largest absolute Gasteiger partial charge is 0.379 e. The monoisotopic (exact) mass is 278 g/mol. The molecule has 96 valence electrons. The van der Waals surface area contributed by atoms with Gasteiger partial charge < -0.3 is 10.1 Å². The van der Waals surface area contributed by atoms with Crippen molar-refractivity contribution in [2.75, 3.05) is 37.1 Å². The van der Waals surface area contributed by atoms with E-state index >= 15 is 0 Å². The van der Waals surface area contributed by atoms with E-state index in [4.69, 9.17) is 16.3 Å². The summed E-state index contributed by atoms with van der Waals surface area (Å²) in [4.78, 5) is 4.04. The van der Waals surface area contributed by atoms with Gasteiger partial charge in [-0.15, -0.1) is 0 Å². The van der Waals surface area contributed by atoms with Crippen LogP contribution >= 0.6 is 11.6 Å². The van der Waals surface area contributed by atoms with E-state index in [0.717, 1.165) is 0 Å². The number of pyridine rings is 1. The van der Waals surface area contributed by atoms with Crippen LogP contribution in [0.15, 0.2) is 18.3 Å². The van der Waals surface area contributed by atoms with Gasteiger partial charge in [0.25, 0.3) is 0 Å². The number of nitrogens with zero attached hydrogens (tertiary/aromatic N) is 1. The second-order valence-electron chi connectivity index (χ2n) is 3.50. The molecule has 0 fully saturated rings. The fourth-order valence-corrected chi connectivity index (χ4v) is 1.68.